The standard InChI is InChI=1S/C25H38N4OS/c1-4-19-12-13-23-20(16-19)17-21(24(30)27-23)18-29(15-14-28(5-2)6-3)25(31)26-22-10-8-7-9-11-22/h12-13,16-17,22H,4-11,14-15,18H2,1-3H3,(H,26,31)(H,27,30). The number of nitrogens with one attached hydrogen (secondary N) is 2. The Kier molecular flexibility index (Phi) is 8.90. The Labute approximate surface area is 192 Å². The van der Waals surface area contributed by atoms with Crippen molar-refractivity contribution in [3.05, 3.63) is 45.7 Å². The van der Waals surface area contributed by atoms with Crippen LogP contribution in [-0.4, -0.2) is 52.1 Å². The number of aromatic amines is 1. The van der Waals surface area contributed by atoms with E-state index in [1.165, 1.54) is 37.7 Å². The van der Waals surface area contributed by atoms with Crippen molar-refractivity contribution in [2.75, 3.05) is 26.2 Å². The Balaban J connectivity index is 1.81. The maximum Gasteiger partial charge on any atom is 0.253 e. The van der Waals surface area contributed by atoms with Gasteiger partial charge in [-0.15, -0.1) is 0 Å². The highest BCUT2D eigenvalue weighted by Gasteiger charge is 2.19. The summed E-state index contributed by atoms with van der Waals surface area (Å²) in [6.07, 6.45) is 7.20. The number of nitrogens with zero attached hydrogens (tertiary/aromatic N) is 2. The molecule has 1 saturated carbocycles. The van der Waals surface area contributed by atoms with Gasteiger partial charge in [0.15, 0.2) is 5.11 Å². The Morgan fingerprint density at radius 2 is 1.84 bits per heavy atom. The summed E-state index contributed by atoms with van der Waals surface area (Å²) in [7, 11) is 0. The van der Waals surface area contributed by atoms with Gasteiger partial charge in [-0.3, -0.25) is 4.79 Å². The summed E-state index contributed by atoms with van der Waals surface area (Å²) in [5.41, 5.74) is 2.92. The molecule has 1 aliphatic rings. The van der Waals surface area contributed by atoms with E-state index in [1.807, 2.05) is 12.1 Å². The molecule has 1 heterocycles. The van der Waals surface area contributed by atoms with Crippen molar-refractivity contribution in [1.29, 1.82) is 0 Å². The first-order chi connectivity index (χ1) is 15.0. The van der Waals surface area contributed by atoms with Crippen molar-refractivity contribution in [3.63, 3.8) is 0 Å². The molecular formula is C25H38N4OS. The van der Waals surface area contributed by atoms with Gasteiger partial charge in [-0.05, 0) is 73.7 Å². The van der Waals surface area contributed by atoms with E-state index in [0.29, 0.717) is 12.6 Å². The largest absolute Gasteiger partial charge is 0.360 e. The molecule has 0 bridgehead atoms. The normalized spacial score (nSPS) is 14.8. The molecular weight excluding hydrogens is 404 g/mol. The summed E-state index contributed by atoms with van der Waals surface area (Å²) in [6, 6.07) is 8.76. The Morgan fingerprint density at radius 3 is 2.52 bits per heavy atom. The molecule has 0 aliphatic heterocycles. The van der Waals surface area contributed by atoms with Crippen LogP contribution in [0.4, 0.5) is 0 Å². The van der Waals surface area contributed by atoms with E-state index >= 15 is 0 Å². The molecule has 0 radical (unpaired) electrons. The summed E-state index contributed by atoms with van der Waals surface area (Å²) < 4.78 is 0. The van der Waals surface area contributed by atoms with Crippen LogP contribution in [0.15, 0.2) is 29.1 Å². The number of rotatable bonds is 9. The second-order valence-corrected chi connectivity index (χ2v) is 9.02. The van der Waals surface area contributed by atoms with E-state index in [1.54, 1.807) is 0 Å². The second-order valence-electron chi connectivity index (χ2n) is 8.63. The Morgan fingerprint density at radius 1 is 1.10 bits per heavy atom. The number of aromatic nitrogens is 1. The molecule has 0 amide bonds. The van der Waals surface area contributed by atoms with E-state index in [9.17, 15) is 4.79 Å². The average molecular weight is 443 g/mol. The third-order valence-corrected chi connectivity index (χ3v) is 6.93. The van der Waals surface area contributed by atoms with Crippen molar-refractivity contribution < 1.29 is 0 Å². The smallest absolute Gasteiger partial charge is 0.253 e. The van der Waals surface area contributed by atoms with Crippen molar-refractivity contribution in [3.8, 4) is 0 Å². The lowest BCUT2D eigenvalue weighted by molar-refractivity contribution is 0.261. The van der Waals surface area contributed by atoms with Gasteiger partial charge in [0, 0.05) is 30.2 Å². The van der Waals surface area contributed by atoms with Crippen LogP contribution in [0.2, 0.25) is 0 Å². The lowest BCUT2D eigenvalue weighted by Gasteiger charge is -2.32. The van der Waals surface area contributed by atoms with Gasteiger partial charge in [0.25, 0.3) is 5.56 Å². The molecule has 1 aromatic carbocycles. The van der Waals surface area contributed by atoms with Gasteiger partial charge in [0.1, 0.15) is 0 Å². The quantitative estimate of drug-likeness (QED) is 0.562. The Bertz CT molecular complexity index is 915. The molecule has 2 N–H and O–H groups in total. The lowest BCUT2D eigenvalue weighted by atomic mass is 9.96. The van der Waals surface area contributed by atoms with Gasteiger partial charge >= 0.3 is 0 Å². The van der Waals surface area contributed by atoms with Crippen LogP contribution < -0.4 is 10.9 Å². The molecule has 1 aromatic heterocycles. The fraction of sp³-hybridized carbons (Fsp3) is 0.600. The predicted molar refractivity (Wildman–Crippen MR) is 135 cm³/mol. The number of likely N-dealkylation sites (N-methyl/N-ethyl adjacent to an activating group) is 1. The van der Waals surface area contributed by atoms with Crippen molar-refractivity contribution >= 4 is 28.2 Å². The molecule has 1 fully saturated rings. The van der Waals surface area contributed by atoms with E-state index in [4.69, 9.17) is 12.2 Å². The minimum absolute atomic E-state index is 0.0231. The lowest BCUT2D eigenvalue weighted by Crippen LogP contribution is -2.47. The van der Waals surface area contributed by atoms with Crippen molar-refractivity contribution in [2.45, 2.75) is 71.9 Å². The predicted octanol–water partition coefficient (Wildman–Crippen LogP) is 4.44. The Hall–Kier alpha value is -1.92. The fourth-order valence-electron chi connectivity index (χ4n) is 4.41. The number of benzene rings is 1. The van der Waals surface area contributed by atoms with Gasteiger partial charge in [0.05, 0.1) is 6.54 Å². The molecule has 31 heavy (non-hydrogen) atoms. The maximum absolute atomic E-state index is 12.8. The number of H-pyrrole nitrogens is 1. The highest BCUT2D eigenvalue weighted by molar-refractivity contribution is 7.80. The third-order valence-electron chi connectivity index (χ3n) is 6.56. The number of hydrogen-bond donors (Lipinski definition) is 2. The van der Waals surface area contributed by atoms with Crippen LogP contribution in [0.25, 0.3) is 10.9 Å². The monoisotopic (exact) mass is 442 g/mol. The van der Waals surface area contributed by atoms with Crippen LogP contribution >= 0.6 is 12.2 Å². The second kappa shape index (κ2) is 11.6. The van der Waals surface area contributed by atoms with E-state index < -0.39 is 0 Å². The van der Waals surface area contributed by atoms with E-state index in [0.717, 1.165) is 54.2 Å². The number of aryl methyl sites for hydroxylation is 1. The SMILES string of the molecule is CCc1ccc2[nH]c(=O)c(CN(CCN(CC)CC)C(=S)NC3CCCCC3)cc2c1. The summed E-state index contributed by atoms with van der Waals surface area (Å²) in [5.74, 6) is 0. The summed E-state index contributed by atoms with van der Waals surface area (Å²) >= 11 is 5.84. The van der Waals surface area contributed by atoms with Crippen LogP contribution in [-0.2, 0) is 13.0 Å². The fourth-order valence-corrected chi connectivity index (χ4v) is 4.73. The molecule has 3 rings (SSSR count). The summed E-state index contributed by atoms with van der Waals surface area (Å²) in [5, 5.41) is 5.47. The molecule has 0 unspecified atom stereocenters. The molecule has 1 aliphatic carbocycles. The maximum atomic E-state index is 12.8. The van der Waals surface area contributed by atoms with Crippen LogP contribution in [0.3, 0.4) is 0 Å². The molecule has 170 valence electrons. The number of hydrogen-bond acceptors (Lipinski definition) is 3. The van der Waals surface area contributed by atoms with Crippen LogP contribution in [0.1, 0.15) is 64.0 Å². The van der Waals surface area contributed by atoms with Gasteiger partial charge in [-0.1, -0.05) is 46.1 Å². The van der Waals surface area contributed by atoms with Gasteiger partial charge in [-0.25, -0.2) is 0 Å². The van der Waals surface area contributed by atoms with Gasteiger partial charge in [0.2, 0.25) is 0 Å². The van der Waals surface area contributed by atoms with Gasteiger partial charge in [-0.2, -0.15) is 0 Å². The molecule has 0 spiro atoms. The van der Waals surface area contributed by atoms with Crippen LogP contribution in [0.5, 0.6) is 0 Å². The number of pyridine rings is 1. The molecule has 0 saturated heterocycles. The molecule has 6 heteroatoms. The highest BCUT2D eigenvalue weighted by atomic mass is 32.1. The zero-order chi connectivity index (χ0) is 22.2. The highest BCUT2D eigenvalue weighted by Crippen LogP contribution is 2.18. The van der Waals surface area contributed by atoms with E-state index in [2.05, 4.69) is 53.0 Å². The number of fused-ring (bicyclic) bond motifs is 1. The minimum Gasteiger partial charge on any atom is -0.360 e. The van der Waals surface area contributed by atoms with Crippen molar-refractivity contribution in [1.82, 2.24) is 20.1 Å². The zero-order valence-electron chi connectivity index (χ0n) is 19.4. The topological polar surface area (TPSA) is 51.4 Å². The van der Waals surface area contributed by atoms with Crippen LogP contribution in [0, 0.1) is 0 Å². The third kappa shape index (κ3) is 6.53. The molecule has 2 aromatic rings. The van der Waals surface area contributed by atoms with Crippen molar-refractivity contribution in [2.24, 2.45) is 0 Å². The summed E-state index contributed by atoms with van der Waals surface area (Å²) in [4.78, 5) is 20.5. The van der Waals surface area contributed by atoms with Gasteiger partial charge < -0.3 is 20.1 Å². The molecule has 5 nitrogen and oxygen atoms in total. The number of thiocarbonyl (C=S) groups is 1. The minimum atomic E-state index is -0.0231. The average Bonchev–Trinajstić information content (AvgIpc) is 2.79. The first kappa shape index (κ1) is 23.7. The first-order valence-electron chi connectivity index (χ1n) is 12.0. The van der Waals surface area contributed by atoms with E-state index in [-0.39, 0.29) is 5.56 Å². The summed E-state index contributed by atoms with van der Waals surface area (Å²) in [6.45, 7) is 10.8. The zero-order valence-corrected chi connectivity index (χ0v) is 20.2. The first-order valence-corrected chi connectivity index (χ1v) is 12.4. The molecule has 0 atom stereocenters.